The number of hydrogen-bond acceptors (Lipinski definition) is 4. The summed E-state index contributed by atoms with van der Waals surface area (Å²) in [4.78, 5) is 31.2. The zero-order valence-electron chi connectivity index (χ0n) is 25.6. The molecule has 0 heterocycles. The molecule has 1 saturated carbocycles. The minimum Gasteiger partial charge on any atom is -0.390 e. The van der Waals surface area contributed by atoms with Crippen molar-refractivity contribution in [3.63, 3.8) is 0 Å². The fraction of sp³-hybridized carbons (Fsp3) is 0.389. The zero-order chi connectivity index (χ0) is 31.8. The second-order valence-corrected chi connectivity index (χ2v) is 11.8. The fourth-order valence-electron chi connectivity index (χ4n) is 6.02. The van der Waals surface area contributed by atoms with Gasteiger partial charge in [-0.2, -0.15) is 0 Å². The molecule has 1 aliphatic rings. The molecule has 0 spiro atoms. The average molecular weight is 604 g/mol. The van der Waals surface area contributed by atoms with Crippen molar-refractivity contribution >= 4 is 11.8 Å². The normalized spacial score (nSPS) is 14.7. The van der Waals surface area contributed by atoms with Crippen LogP contribution in [0.4, 0.5) is 8.78 Å². The molecule has 234 valence electrons. The number of nitrogens with two attached hydrogens (primary N) is 1. The molecule has 6 nitrogen and oxygen atoms in total. The third kappa shape index (κ3) is 8.61. The summed E-state index contributed by atoms with van der Waals surface area (Å²) in [6.45, 7) is 8.25. The van der Waals surface area contributed by atoms with Crippen molar-refractivity contribution in [2.24, 2.45) is 5.73 Å². The van der Waals surface area contributed by atoms with Crippen molar-refractivity contribution in [3.8, 4) is 0 Å². The van der Waals surface area contributed by atoms with Crippen molar-refractivity contribution in [1.29, 1.82) is 0 Å². The molecule has 0 aliphatic heterocycles. The van der Waals surface area contributed by atoms with Gasteiger partial charge in [-0.3, -0.25) is 9.59 Å². The van der Waals surface area contributed by atoms with Crippen LogP contribution in [-0.4, -0.2) is 58.0 Å². The second-order valence-electron chi connectivity index (χ2n) is 11.8. The van der Waals surface area contributed by atoms with Crippen LogP contribution in [0.25, 0.3) is 0 Å². The Labute approximate surface area is 259 Å². The van der Waals surface area contributed by atoms with Gasteiger partial charge in [0.25, 0.3) is 11.8 Å². The highest BCUT2D eigenvalue weighted by atomic mass is 19.1. The predicted octanol–water partition coefficient (Wildman–Crippen LogP) is 5.98. The smallest absolute Gasteiger partial charge is 0.254 e. The van der Waals surface area contributed by atoms with E-state index in [-0.39, 0.29) is 37.4 Å². The lowest BCUT2D eigenvalue weighted by molar-refractivity contribution is 0.0554. The molecule has 0 radical (unpaired) electrons. The summed E-state index contributed by atoms with van der Waals surface area (Å²) in [5, 5.41) is 11.1. The summed E-state index contributed by atoms with van der Waals surface area (Å²) in [5.74, 6) is -1.94. The quantitative estimate of drug-likeness (QED) is 0.236. The van der Waals surface area contributed by atoms with Crippen molar-refractivity contribution in [1.82, 2.24) is 9.80 Å². The Balaban J connectivity index is 1.61. The number of benzene rings is 3. The van der Waals surface area contributed by atoms with E-state index in [1.807, 2.05) is 43.0 Å². The molecule has 2 atom stereocenters. The summed E-state index contributed by atoms with van der Waals surface area (Å²) in [7, 11) is 0. The van der Waals surface area contributed by atoms with E-state index < -0.39 is 23.8 Å². The Morgan fingerprint density at radius 2 is 1.61 bits per heavy atom. The van der Waals surface area contributed by atoms with E-state index >= 15 is 0 Å². The second kappa shape index (κ2) is 15.2. The van der Waals surface area contributed by atoms with E-state index in [4.69, 9.17) is 5.73 Å². The summed E-state index contributed by atoms with van der Waals surface area (Å²) in [6, 6.07) is 15.4. The number of aliphatic hydroxyl groups excluding tert-OH is 1. The van der Waals surface area contributed by atoms with E-state index in [1.165, 1.54) is 17.0 Å². The van der Waals surface area contributed by atoms with Crippen LogP contribution >= 0.6 is 0 Å². The molecule has 2 amide bonds. The van der Waals surface area contributed by atoms with Gasteiger partial charge >= 0.3 is 0 Å². The van der Waals surface area contributed by atoms with Crippen molar-refractivity contribution in [3.05, 3.63) is 118 Å². The van der Waals surface area contributed by atoms with Gasteiger partial charge in [-0.15, -0.1) is 6.58 Å². The lowest BCUT2D eigenvalue weighted by atomic mass is 10.00. The van der Waals surface area contributed by atoms with Gasteiger partial charge in [0.05, 0.1) is 6.10 Å². The van der Waals surface area contributed by atoms with Gasteiger partial charge in [0.1, 0.15) is 11.6 Å². The van der Waals surface area contributed by atoms with Gasteiger partial charge in [-0.25, -0.2) is 8.78 Å². The van der Waals surface area contributed by atoms with Crippen LogP contribution < -0.4 is 5.73 Å². The fourth-order valence-corrected chi connectivity index (χ4v) is 6.02. The minimum absolute atomic E-state index is 0.0204. The van der Waals surface area contributed by atoms with E-state index in [0.717, 1.165) is 54.9 Å². The first-order chi connectivity index (χ1) is 21.1. The topological polar surface area (TPSA) is 86.9 Å². The van der Waals surface area contributed by atoms with Gasteiger partial charge in [0, 0.05) is 48.9 Å². The van der Waals surface area contributed by atoms with Crippen LogP contribution in [-0.2, 0) is 19.4 Å². The lowest BCUT2D eigenvalue weighted by Crippen LogP contribution is -2.46. The van der Waals surface area contributed by atoms with E-state index in [0.29, 0.717) is 23.2 Å². The Bertz CT molecular complexity index is 1450. The van der Waals surface area contributed by atoms with Crippen molar-refractivity contribution < 1.29 is 23.5 Å². The standard InChI is InChI=1S/C36H43F2N3O3/c1-4-13-41(32-11-6-7-12-32)36(44)29-15-24(3)14-28(20-29)35(43)40(22-26-10-8-9-25(5-2)16-26)23-34(42)33(39)19-27-17-30(37)21-31(38)18-27/h4,8-10,14-18,20-21,32-34,42H,1,5-7,11-13,19,22-23,39H2,2-3H3/t33-,34+/m0/s1. The molecule has 1 aliphatic carbocycles. The van der Waals surface area contributed by atoms with Gasteiger partial charge < -0.3 is 20.6 Å². The first-order valence-electron chi connectivity index (χ1n) is 15.4. The maximum absolute atomic E-state index is 14.1. The number of nitrogens with zero attached hydrogens (tertiary/aromatic N) is 2. The molecule has 3 N–H and O–H groups in total. The molecule has 3 aromatic carbocycles. The summed E-state index contributed by atoms with van der Waals surface area (Å²) in [6.07, 6.45) is 5.44. The molecule has 0 bridgehead atoms. The third-order valence-electron chi connectivity index (χ3n) is 8.28. The largest absolute Gasteiger partial charge is 0.390 e. The number of rotatable bonds is 13. The molecule has 0 aromatic heterocycles. The number of halogens is 2. The highest BCUT2D eigenvalue weighted by molar-refractivity contribution is 6.00. The summed E-state index contributed by atoms with van der Waals surface area (Å²) < 4.78 is 27.5. The maximum Gasteiger partial charge on any atom is 0.254 e. The van der Waals surface area contributed by atoms with E-state index in [1.54, 1.807) is 24.3 Å². The summed E-state index contributed by atoms with van der Waals surface area (Å²) in [5.41, 5.74) is 10.1. The van der Waals surface area contributed by atoms with Gasteiger partial charge in [-0.1, -0.05) is 50.1 Å². The van der Waals surface area contributed by atoms with E-state index in [2.05, 4.69) is 6.58 Å². The van der Waals surface area contributed by atoms with Gasteiger partial charge in [0.2, 0.25) is 0 Å². The highest BCUT2D eigenvalue weighted by Gasteiger charge is 2.29. The van der Waals surface area contributed by atoms with Crippen molar-refractivity contribution in [2.75, 3.05) is 13.1 Å². The monoisotopic (exact) mass is 603 g/mol. The SMILES string of the molecule is C=CCN(C(=O)c1cc(C)cc(C(=O)N(Cc2cccc(CC)c2)C[C@@H](O)[C@@H](N)Cc2cc(F)cc(F)c2)c1)C1CCCC1. The summed E-state index contributed by atoms with van der Waals surface area (Å²) >= 11 is 0. The number of hydrogen-bond donors (Lipinski definition) is 2. The Kier molecular flexibility index (Phi) is 11.4. The molecule has 4 rings (SSSR count). The number of amides is 2. The van der Waals surface area contributed by atoms with Gasteiger partial charge in [-0.05, 0) is 85.2 Å². The van der Waals surface area contributed by atoms with Crippen molar-refractivity contribution in [2.45, 2.75) is 77.1 Å². The van der Waals surface area contributed by atoms with Crippen LogP contribution in [0.3, 0.4) is 0 Å². The van der Waals surface area contributed by atoms with Crippen LogP contribution in [0.2, 0.25) is 0 Å². The number of carbonyl (C=O) groups excluding carboxylic acids is 2. The van der Waals surface area contributed by atoms with E-state index in [9.17, 15) is 23.5 Å². The third-order valence-corrected chi connectivity index (χ3v) is 8.28. The van der Waals surface area contributed by atoms with Crippen LogP contribution in [0.15, 0.2) is 73.3 Å². The maximum atomic E-state index is 14.1. The Morgan fingerprint density at radius 1 is 0.977 bits per heavy atom. The number of carbonyl (C=O) groups is 2. The first-order valence-corrected chi connectivity index (χ1v) is 15.4. The Morgan fingerprint density at radius 3 is 2.25 bits per heavy atom. The molecule has 1 fully saturated rings. The molecular weight excluding hydrogens is 560 g/mol. The zero-order valence-corrected chi connectivity index (χ0v) is 25.6. The minimum atomic E-state index is -1.18. The lowest BCUT2D eigenvalue weighted by Gasteiger charge is -2.30. The van der Waals surface area contributed by atoms with Crippen LogP contribution in [0, 0.1) is 18.6 Å². The van der Waals surface area contributed by atoms with Gasteiger partial charge in [0.15, 0.2) is 0 Å². The predicted molar refractivity (Wildman–Crippen MR) is 169 cm³/mol. The molecule has 8 heteroatoms. The average Bonchev–Trinajstić information content (AvgIpc) is 3.53. The molecule has 3 aromatic rings. The van der Waals surface area contributed by atoms with Crippen LogP contribution in [0.1, 0.15) is 75.6 Å². The highest BCUT2D eigenvalue weighted by Crippen LogP contribution is 2.26. The molecule has 0 saturated heterocycles. The molecule has 44 heavy (non-hydrogen) atoms. The molecular formula is C36H43F2N3O3. The first kappa shape index (κ1) is 33.0. The molecule has 0 unspecified atom stereocenters. The number of aryl methyl sites for hydroxylation is 2. The number of aliphatic hydroxyl groups is 1. The Hall–Kier alpha value is -3.88. The van der Waals surface area contributed by atoms with Crippen LogP contribution in [0.5, 0.6) is 0 Å².